The first kappa shape index (κ1) is 20.5. The van der Waals surface area contributed by atoms with Gasteiger partial charge in [-0.2, -0.15) is 0 Å². The summed E-state index contributed by atoms with van der Waals surface area (Å²) in [6, 6.07) is 8.71. The van der Waals surface area contributed by atoms with Crippen molar-refractivity contribution in [2.24, 2.45) is 0 Å². The fraction of sp³-hybridized carbons (Fsp3) is 0.400. The third-order valence-electron chi connectivity index (χ3n) is 4.57. The number of nitrogens with zero attached hydrogens (tertiary/aromatic N) is 3. The van der Waals surface area contributed by atoms with Crippen molar-refractivity contribution in [2.75, 3.05) is 20.6 Å². The standard InChI is InChI=1S/C20H25N5O4/c1-24(2)20(28)15(12-14-6-4-3-5-7-14)23-19(27)17-16(29-17)18(26)22-9-11-25-10-8-21-13-25/h3-8,10,13,15-17H,9,11-12H2,1-2H3,(H,22,26)(H,23,27)/t15-,16?,17?/m0/s1. The van der Waals surface area contributed by atoms with Crippen LogP contribution in [-0.4, -0.2) is 71.1 Å². The quantitative estimate of drug-likeness (QED) is 0.557. The van der Waals surface area contributed by atoms with Gasteiger partial charge in [-0.1, -0.05) is 30.3 Å². The van der Waals surface area contributed by atoms with Crippen molar-refractivity contribution in [2.45, 2.75) is 31.2 Å². The molecule has 1 aliphatic heterocycles. The molecule has 0 aliphatic carbocycles. The molecule has 2 unspecified atom stereocenters. The number of hydrogen-bond acceptors (Lipinski definition) is 5. The van der Waals surface area contributed by atoms with Crippen LogP contribution in [0.1, 0.15) is 5.56 Å². The number of amides is 3. The van der Waals surface area contributed by atoms with E-state index in [1.54, 1.807) is 32.8 Å². The summed E-state index contributed by atoms with van der Waals surface area (Å²) in [4.78, 5) is 42.5. The van der Waals surface area contributed by atoms with Gasteiger partial charge in [-0.25, -0.2) is 4.98 Å². The topological polar surface area (TPSA) is 109 Å². The molecule has 2 aromatic rings. The lowest BCUT2D eigenvalue weighted by Gasteiger charge is -2.21. The maximum atomic E-state index is 12.5. The van der Waals surface area contributed by atoms with Gasteiger partial charge in [0.05, 0.1) is 6.33 Å². The molecule has 1 aliphatic rings. The van der Waals surface area contributed by atoms with Crippen LogP contribution in [0.3, 0.4) is 0 Å². The van der Waals surface area contributed by atoms with Crippen LogP contribution < -0.4 is 10.6 Å². The molecule has 3 amide bonds. The molecule has 0 saturated carbocycles. The molecular weight excluding hydrogens is 374 g/mol. The Morgan fingerprint density at radius 3 is 2.55 bits per heavy atom. The normalized spacial score (nSPS) is 18.6. The first-order valence-corrected chi connectivity index (χ1v) is 9.40. The lowest BCUT2D eigenvalue weighted by Crippen LogP contribution is -2.49. The fourth-order valence-electron chi connectivity index (χ4n) is 2.95. The third kappa shape index (κ3) is 5.64. The summed E-state index contributed by atoms with van der Waals surface area (Å²) >= 11 is 0. The number of ether oxygens (including phenoxy) is 1. The zero-order valence-electron chi connectivity index (χ0n) is 16.4. The SMILES string of the molecule is CN(C)C(=O)[C@H](Cc1ccccc1)NC(=O)C1OC1C(=O)NCCn1ccnc1. The van der Waals surface area contributed by atoms with Gasteiger partial charge in [0.1, 0.15) is 6.04 Å². The molecule has 9 nitrogen and oxygen atoms in total. The van der Waals surface area contributed by atoms with Gasteiger partial charge in [0, 0.05) is 46.0 Å². The molecule has 1 saturated heterocycles. The molecule has 0 spiro atoms. The summed E-state index contributed by atoms with van der Waals surface area (Å²) in [7, 11) is 3.27. The second-order valence-corrected chi connectivity index (χ2v) is 7.05. The average molecular weight is 399 g/mol. The van der Waals surface area contributed by atoms with Crippen LogP contribution in [0.25, 0.3) is 0 Å². The number of aromatic nitrogens is 2. The van der Waals surface area contributed by atoms with Crippen LogP contribution in [0, 0.1) is 0 Å². The highest BCUT2D eigenvalue weighted by Gasteiger charge is 2.50. The van der Waals surface area contributed by atoms with Crippen LogP contribution in [0.2, 0.25) is 0 Å². The summed E-state index contributed by atoms with van der Waals surface area (Å²) in [6.07, 6.45) is 3.77. The average Bonchev–Trinajstić information content (AvgIpc) is 3.36. The fourth-order valence-corrected chi connectivity index (χ4v) is 2.95. The molecule has 2 heterocycles. The van der Waals surface area contributed by atoms with E-state index in [-0.39, 0.29) is 11.8 Å². The molecule has 3 rings (SSSR count). The Bertz CT molecular complexity index is 838. The van der Waals surface area contributed by atoms with Gasteiger partial charge < -0.3 is 24.8 Å². The highest BCUT2D eigenvalue weighted by molar-refractivity contribution is 5.97. The van der Waals surface area contributed by atoms with Gasteiger partial charge >= 0.3 is 0 Å². The zero-order chi connectivity index (χ0) is 20.8. The monoisotopic (exact) mass is 399 g/mol. The van der Waals surface area contributed by atoms with Crippen molar-refractivity contribution < 1.29 is 19.1 Å². The van der Waals surface area contributed by atoms with E-state index in [4.69, 9.17) is 4.74 Å². The van der Waals surface area contributed by atoms with E-state index in [1.165, 1.54) is 4.90 Å². The van der Waals surface area contributed by atoms with Gasteiger partial charge in [-0.05, 0) is 5.56 Å². The Hall–Kier alpha value is -3.20. The Morgan fingerprint density at radius 1 is 1.17 bits per heavy atom. The summed E-state index contributed by atoms with van der Waals surface area (Å²) in [5.41, 5.74) is 0.929. The maximum Gasteiger partial charge on any atom is 0.253 e. The number of rotatable bonds is 9. The highest BCUT2D eigenvalue weighted by atomic mass is 16.6. The Kier molecular flexibility index (Phi) is 6.61. The first-order chi connectivity index (χ1) is 14.0. The van der Waals surface area contributed by atoms with Crippen molar-refractivity contribution >= 4 is 17.7 Å². The van der Waals surface area contributed by atoms with Gasteiger partial charge in [-0.15, -0.1) is 0 Å². The van der Waals surface area contributed by atoms with E-state index >= 15 is 0 Å². The van der Waals surface area contributed by atoms with Crippen LogP contribution in [0.5, 0.6) is 0 Å². The molecular formula is C20H25N5O4. The van der Waals surface area contributed by atoms with E-state index < -0.39 is 24.2 Å². The molecule has 1 aromatic carbocycles. The number of benzene rings is 1. The van der Waals surface area contributed by atoms with Gasteiger partial charge in [0.2, 0.25) is 5.91 Å². The van der Waals surface area contributed by atoms with E-state index in [1.807, 2.05) is 34.9 Å². The van der Waals surface area contributed by atoms with Gasteiger partial charge in [0.25, 0.3) is 11.8 Å². The number of carbonyl (C=O) groups is 3. The molecule has 0 radical (unpaired) electrons. The van der Waals surface area contributed by atoms with E-state index in [0.717, 1.165) is 5.56 Å². The molecule has 2 N–H and O–H groups in total. The first-order valence-electron chi connectivity index (χ1n) is 9.40. The molecule has 0 bridgehead atoms. The van der Waals surface area contributed by atoms with Crippen molar-refractivity contribution in [3.05, 3.63) is 54.6 Å². The number of likely N-dealkylation sites (N-methyl/N-ethyl adjacent to an activating group) is 1. The van der Waals surface area contributed by atoms with Gasteiger partial charge in [0.15, 0.2) is 12.2 Å². The van der Waals surface area contributed by atoms with E-state index in [0.29, 0.717) is 19.5 Å². The molecule has 3 atom stereocenters. The predicted octanol–water partition coefficient (Wildman–Crippen LogP) is -0.418. The highest BCUT2D eigenvalue weighted by Crippen LogP contribution is 2.22. The number of nitrogens with one attached hydrogen (secondary N) is 2. The van der Waals surface area contributed by atoms with E-state index in [2.05, 4.69) is 15.6 Å². The van der Waals surface area contributed by atoms with Crippen LogP contribution in [-0.2, 0) is 32.1 Å². The maximum absolute atomic E-state index is 12.5. The summed E-state index contributed by atoms with van der Waals surface area (Å²) < 4.78 is 7.08. The molecule has 1 aromatic heterocycles. The van der Waals surface area contributed by atoms with Crippen molar-refractivity contribution in [3.63, 3.8) is 0 Å². The second kappa shape index (κ2) is 9.33. The summed E-state index contributed by atoms with van der Waals surface area (Å²) in [6.45, 7) is 0.977. The molecule has 9 heteroatoms. The van der Waals surface area contributed by atoms with Crippen LogP contribution >= 0.6 is 0 Å². The Morgan fingerprint density at radius 2 is 1.90 bits per heavy atom. The van der Waals surface area contributed by atoms with Crippen LogP contribution in [0.4, 0.5) is 0 Å². The number of imidazole rings is 1. The lowest BCUT2D eigenvalue weighted by molar-refractivity contribution is -0.134. The van der Waals surface area contributed by atoms with Crippen molar-refractivity contribution in [1.29, 1.82) is 0 Å². The van der Waals surface area contributed by atoms with E-state index in [9.17, 15) is 14.4 Å². The van der Waals surface area contributed by atoms with Crippen molar-refractivity contribution in [1.82, 2.24) is 25.1 Å². The predicted molar refractivity (Wildman–Crippen MR) is 105 cm³/mol. The van der Waals surface area contributed by atoms with Gasteiger partial charge in [-0.3, -0.25) is 14.4 Å². The Balaban J connectivity index is 1.50. The largest absolute Gasteiger partial charge is 0.352 e. The number of epoxide rings is 1. The zero-order valence-corrected chi connectivity index (χ0v) is 16.4. The smallest absolute Gasteiger partial charge is 0.253 e. The second-order valence-electron chi connectivity index (χ2n) is 7.05. The minimum Gasteiger partial charge on any atom is -0.352 e. The minimum absolute atomic E-state index is 0.218. The lowest BCUT2D eigenvalue weighted by atomic mass is 10.0. The molecule has 154 valence electrons. The van der Waals surface area contributed by atoms with Crippen LogP contribution in [0.15, 0.2) is 49.1 Å². The number of hydrogen-bond donors (Lipinski definition) is 2. The number of carbonyl (C=O) groups excluding carboxylic acids is 3. The molecule has 1 fully saturated rings. The summed E-state index contributed by atoms with van der Waals surface area (Å²) in [5.74, 6) is -1.02. The summed E-state index contributed by atoms with van der Waals surface area (Å²) in [5, 5.41) is 5.46. The molecule has 29 heavy (non-hydrogen) atoms. The third-order valence-corrected chi connectivity index (χ3v) is 4.57. The minimum atomic E-state index is -0.878. The Labute approximate surface area is 169 Å². The van der Waals surface area contributed by atoms with Crippen molar-refractivity contribution in [3.8, 4) is 0 Å².